The number of benzene rings is 3. The Hall–Kier alpha value is -4.40. The average molecular weight is 566 g/mol. The molecule has 0 bridgehead atoms. The molecule has 1 aliphatic heterocycles. The van der Waals surface area contributed by atoms with E-state index < -0.39 is 5.97 Å². The van der Waals surface area contributed by atoms with Crippen LogP contribution in [-0.2, 0) is 11.2 Å². The molecule has 216 valence electrons. The van der Waals surface area contributed by atoms with Gasteiger partial charge in [0.25, 0.3) is 0 Å². The molecule has 3 heterocycles. The molecule has 1 saturated heterocycles. The lowest BCUT2D eigenvalue weighted by Gasteiger charge is -2.26. The first-order chi connectivity index (χ1) is 20.6. The van der Waals surface area contributed by atoms with Crippen molar-refractivity contribution < 1.29 is 24.1 Å². The minimum absolute atomic E-state index is 0.207. The molecule has 6 rings (SSSR count). The first-order valence-corrected chi connectivity index (χ1v) is 14.5. The van der Waals surface area contributed by atoms with Gasteiger partial charge in [-0.2, -0.15) is 0 Å². The predicted octanol–water partition coefficient (Wildman–Crippen LogP) is 6.11. The molecule has 2 N–H and O–H groups in total. The van der Waals surface area contributed by atoms with Gasteiger partial charge in [0.2, 0.25) is 5.88 Å². The van der Waals surface area contributed by atoms with Gasteiger partial charge in [0.05, 0.1) is 25.3 Å². The first kappa shape index (κ1) is 27.8. The molecular weight excluding hydrogens is 530 g/mol. The van der Waals surface area contributed by atoms with E-state index in [0.717, 1.165) is 82.5 Å². The molecular formula is C34H35N3O5. The van der Waals surface area contributed by atoms with Crippen LogP contribution in [0.5, 0.6) is 11.6 Å². The Labute approximate surface area is 244 Å². The smallest absolute Gasteiger partial charge is 0.352 e. The summed E-state index contributed by atoms with van der Waals surface area (Å²) in [5.41, 5.74) is 4.51. The molecule has 0 atom stereocenters. The van der Waals surface area contributed by atoms with Gasteiger partial charge in [-0.15, -0.1) is 0 Å². The van der Waals surface area contributed by atoms with Gasteiger partial charge in [-0.05, 0) is 48.4 Å². The SMILES string of the molecule is Cc1ccnc(OCCN2CCOCC2)c1-c1cccc2c(CCCOc3cccc4ccccc34)c(C(=O)O)[nH]c12. The Balaban J connectivity index is 1.24. The number of H-pyrrole nitrogens is 1. The number of hydrogen-bond acceptors (Lipinski definition) is 6. The van der Waals surface area contributed by atoms with Crippen molar-refractivity contribution in [2.24, 2.45) is 0 Å². The molecule has 8 heteroatoms. The average Bonchev–Trinajstić information content (AvgIpc) is 3.39. The summed E-state index contributed by atoms with van der Waals surface area (Å²) >= 11 is 0. The van der Waals surface area contributed by atoms with Crippen molar-refractivity contribution in [3.05, 3.63) is 89.7 Å². The van der Waals surface area contributed by atoms with Crippen LogP contribution in [0.4, 0.5) is 0 Å². The zero-order chi connectivity index (χ0) is 28.9. The maximum atomic E-state index is 12.4. The molecule has 5 aromatic rings. The number of para-hydroxylation sites is 1. The van der Waals surface area contributed by atoms with Crippen molar-refractivity contribution in [1.29, 1.82) is 0 Å². The Morgan fingerprint density at radius 2 is 1.76 bits per heavy atom. The molecule has 0 spiro atoms. The number of aryl methyl sites for hydroxylation is 2. The highest BCUT2D eigenvalue weighted by molar-refractivity contribution is 6.03. The number of aromatic nitrogens is 2. The van der Waals surface area contributed by atoms with Crippen LogP contribution in [0.15, 0.2) is 72.9 Å². The number of nitrogens with zero attached hydrogens (tertiary/aromatic N) is 2. The number of fused-ring (bicyclic) bond motifs is 2. The number of pyridine rings is 1. The molecule has 0 aliphatic carbocycles. The summed E-state index contributed by atoms with van der Waals surface area (Å²) in [4.78, 5) is 22.5. The van der Waals surface area contributed by atoms with E-state index in [1.807, 2.05) is 55.5 Å². The Kier molecular flexibility index (Phi) is 8.35. The topological polar surface area (TPSA) is 96.9 Å². The zero-order valence-corrected chi connectivity index (χ0v) is 23.8. The van der Waals surface area contributed by atoms with E-state index in [1.165, 1.54) is 0 Å². The second-order valence-electron chi connectivity index (χ2n) is 10.6. The molecule has 0 saturated carbocycles. The fourth-order valence-electron chi connectivity index (χ4n) is 5.74. The highest BCUT2D eigenvalue weighted by Gasteiger charge is 2.22. The molecule has 2 aromatic heterocycles. The van der Waals surface area contributed by atoms with Crippen LogP contribution in [0.25, 0.3) is 32.8 Å². The number of hydrogen-bond donors (Lipinski definition) is 2. The third-order valence-electron chi connectivity index (χ3n) is 7.88. The van der Waals surface area contributed by atoms with Gasteiger partial charge in [0.15, 0.2) is 0 Å². The number of nitrogens with one attached hydrogen (secondary N) is 1. The predicted molar refractivity (Wildman–Crippen MR) is 164 cm³/mol. The lowest BCUT2D eigenvalue weighted by atomic mass is 9.98. The number of carboxylic acid groups (broad SMARTS) is 1. The van der Waals surface area contributed by atoms with E-state index in [-0.39, 0.29) is 5.69 Å². The second kappa shape index (κ2) is 12.6. The van der Waals surface area contributed by atoms with Gasteiger partial charge >= 0.3 is 5.97 Å². The maximum Gasteiger partial charge on any atom is 0.352 e. The highest BCUT2D eigenvalue weighted by Crippen LogP contribution is 2.38. The van der Waals surface area contributed by atoms with E-state index in [9.17, 15) is 9.90 Å². The molecule has 1 fully saturated rings. The van der Waals surface area contributed by atoms with Gasteiger partial charge in [0.1, 0.15) is 18.1 Å². The number of carbonyl (C=O) groups is 1. The molecule has 0 amide bonds. The fraction of sp³-hybridized carbons (Fsp3) is 0.294. The standard InChI is InChI=1S/C34H35N3O5/c1-23-14-15-35-33(42-22-18-37-16-20-40-21-17-37)30(23)28-11-5-10-26-27(32(34(38)39)36-31(26)28)12-6-19-41-29-13-4-8-24-7-2-3-9-25(24)29/h2-5,7-11,13-15,36H,6,12,16-22H2,1H3,(H,38,39). The Morgan fingerprint density at radius 3 is 2.62 bits per heavy atom. The summed E-state index contributed by atoms with van der Waals surface area (Å²) in [6.45, 7) is 7.07. The third-order valence-corrected chi connectivity index (χ3v) is 7.88. The van der Waals surface area contributed by atoms with Crippen LogP contribution >= 0.6 is 0 Å². The quantitative estimate of drug-likeness (QED) is 0.187. The summed E-state index contributed by atoms with van der Waals surface area (Å²) in [5.74, 6) is 0.403. The highest BCUT2D eigenvalue weighted by atomic mass is 16.5. The Morgan fingerprint density at radius 1 is 0.976 bits per heavy atom. The maximum absolute atomic E-state index is 12.4. The summed E-state index contributed by atoms with van der Waals surface area (Å²) in [6, 6.07) is 22.1. The summed E-state index contributed by atoms with van der Waals surface area (Å²) in [6.07, 6.45) is 2.98. The van der Waals surface area contributed by atoms with Crippen molar-refractivity contribution in [3.63, 3.8) is 0 Å². The molecule has 1 aliphatic rings. The number of ether oxygens (including phenoxy) is 3. The van der Waals surface area contributed by atoms with Gasteiger partial charge in [-0.25, -0.2) is 9.78 Å². The van der Waals surface area contributed by atoms with E-state index in [4.69, 9.17) is 14.2 Å². The first-order valence-electron chi connectivity index (χ1n) is 14.5. The lowest BCUT2D eigenvalue weighted by Crippen LogP contribution is -2.38. The van der Waals surface area contributed by atoms with Crippen molar-refractivity contribution in [1.82, 2.24) is 14.9 Å². The van der Waals surface area contributed by atoms with Crippen molar-refractivity contribution in [3.8, 4) is 22.8 Å². The second-order valence-corrected chi connectivity index (χ2v) is 10.6. The minimum Gasteiger partial charge on any atom is -0.493 e. The van der Waals surface area contributed by atoms with Crippen molar-refractivity contribution in [2.45, 2.75) is 19.8 Å². The number of morpholine rings is 1. The Bertz CT molecular complexity index is 1700. The lowest BCUT2D eigenvalue weighted by molar-refractivity contribution is 0.0320. The van der Waals surface area contributed by atoms with Crippen LogP contribution in [0.1, 0.15) is 28.0 Å². The fourth-order valence-corrected chi connectivity index (χ4v) is 5.74. The van der Waals surface area contributed by atoms with Gasteiger partial charge in [-0.3, -0.25) is 4.90 Å². The van der Waals surface area contributed by atoms with Crippen molar-refractivity contribution in [2.75, 3.05) is 46.1 Å². The largest absolute Gasteiger partial charge is 0.493 e. The van der Waals surface area contributed by atoms with E-state index in [1.54, 1.807) is 6.20 Å². The summed E-state index contributed by atoms with van der Waals surface area (Å²) in [7, 11) is 0. The molecule has 0 radical (unpaired) electrons. The number of aromatic amines is 1. The molecule has 0 unspecified atom stereocenters. The summed E-state index contributed by atoms with van der Waals surface area (Å²) in [5, 5.41) is 13.2. The van der Waals surface area contributed by atoms with Crippen LogP contribution in [0, 0.1) is 6.92 Å². The van der Waals surface area contributed by atoms with E-state index in [0.29, 0.717) is 31.9 Å². The van der Waals surface area contributed by atoms with Crippen LogP contribution in [0.3, 0.4) is 0 Å². The van der Waals surface area contributed by atoms with Gasteiger partial charge < -0.3 is 24.3 Å². The molecule has 8 nitrogen and oxygen atoms in total. The molecule has 3 aromatic carbocycles. The third kappa shape index (κ3) is 5.82. The van der Waals surface area contributed by atoms with Crippen LogP contribution < -0.4 is 9.47 Å². The zero-order valence-electron chi connectivity index (χ0n) is 23.8. The number of carboxylic acids is 1. The van der Waals surface area contributed by atoms with Crippen LogP contribution in [0.2, 0.25) is 0 Å². The van der Waals surface area contributed by atoms with Gasteiger partial charge in [0, 0.05) is 47.7 Å². The van der Waals surface area contributed by atoms with E-state index in [2.05, 4.69) is 33.1 Å². The number of rotatable bonds is 11. The summed E-state index contributed by atoms with van der Waals surface area (Å²) < 4.78 is 17.8. The monoisotopic (exact) mass is 565 g/mol. The normalized spacial score (nSPS) is 13.9. The van der Waals surface area contributed by atoms with Crippen molar-refractivity contribution >= 4 is 27.6 Å². The minimum atomic E-state index is -0.980. The van der Waals surface area contributed by atoms with Crippen LogP contribution in [-0.4, -0.2) is 72.0 Å². The van der Waals surface area contributed by atoms with Gasteiger partial charge in [-0.1, -0.05) is 54.6 Å². The van der Waals surface area contributed by atoms with E-state index >= 15 is 0 Å². The number of aromatic carboxylic acids is 1. The molecule has 42 heavy (non-hydrogen) atoms.